The van der Waals surface area contributed by atoms with E-state index in [1.165, 1.54) is 0 Å². The van der Waals surface area contributed by atoms with Gasteiger partial charge < -0.3 is 19.8 Å². The number of hydrogen-bond acceptors (Lipinski definition) is 8. The van der Waals surface area contributed by atoms with Crippen LogP contribution in [0.1, 0.15) is 11.9 Å². The molecule has 21 heavy (non-hydrogen) atoms. The molecule has 3 heterocycles. The highest BCUT2D eigenvalue weighted by atomic mass is 16.6. The summed E-state index contributed by atoms with van der Waals surface area (Å²) < 4.78 is 11.0. The van der Waals surface area contributed by atoms with E-state index in [9.17, 15) is 10.1 Å². The quantitative estimate of drug-likeness (QED) is 0.660. The van der Waals surface area contributed by atoms with E-state index in [1.54, 1.807) is 12.3 Å². The van der Waals surface area contributed by atoms with Gasteiger partial charge in [-0.25, -0.2) is 4.98 Å². The van der Waals surface area contributed by atoms with Crippen LogP contribution in [0.2, 0.25) is 0 Å². The first kappa shape index (κ1) is 13.3. The number of morpholine rings is 1. The Kier molecular flexibility index (Phi) is 3.40. The molecule has 2 aromatic rings. The highest BCUT2D eigenvalue weighted by molar-refractivity contribution is 5.53. The Morgan fingerprint density at radius 1 is 1.52 bits per heavy atom. The predicted molar refractivity (Wildman–Crippen MR) is 72.7 cm³/mol. The molecular weight excluding hydrogens is 278 g/mol. The summed E-state index contributed by atoms with van der Waals surface area (Å²) in [5, 5.41) is 10.7. The summed E-state index contributed by atoms with van der Waals surface area (Å²) in [7, 11) is 0. The first-order valence-corrected chi connectivity index (χ1v) is 6.32. The first-order chi connectivity index (χ1) is 10.1. The lowest BCUT2D eigenvalue weighted by molar-refractivity contribution is -0.384. The molecule has 1 fully saturated rings. The van der Waals surface area contributed by atoms with Crippen molar-refractivity contribution in [3.63, 3.8) is 0 Å². The van der Waals surface area contributed by atoms with Crippen molar-refractivity contribution in [1.29, 1.82) is 0 Å². The monoisotopic (exact) mass is 291 g/mol. The van der Waals surface area contributed by atoms with Crippen LogP contribution in [-0.2, 0) is 4.74 Å². The summed E-state index contributed by atoms with van der Waals surface area (Å²) in [5.74, 6) is 0.915. The van der Waals surface area contributed by atoms with Crippen molar-refractivity contribution >= 4 is 17.5 Å². The zero-order valence-corrected chi connectivity index (χ0v) is 11.0. The molecule has 2 N–H and O–H groups in total. The van der Waals surface area contributed by atoms with Crippen LogP contribution in [0.25, 0.3) is 0 Å². The highest BCUT2D eigenvalue weighted by Crippen LogP contribution is 2.26. The third-order valence-corrected chi connectivity index (χ3v) is 3.19. The molecule has 9 nitrogen and oxygen atoms in total. The van der Waals surface area contributed by atoms with E-state index in [1.807, 2.05) is 11.0 Å². The lowest BCUT2D eigenvalue weighted by atomic mass is 10.2. The third-order valence-electron chi connectivity index (χ3n) is 3.19. The number of rotatable bonds is 3. The lowest BCUT2D eigenvalue weighted by Gasteiger charge is -2.31. The van der Waals surface area contributed by atoms with Gasteiger partial charge in [-0.2, -0.15) is 4.98 Å². The number of anilines is 2. The maximum atomic E-state index is 10.7. The molecule has 1 aliphatic rings. The Hall–Kier alpha value is -2.68. The maximum Gasteiger partial charge on any atom is 0.329 e. The lowest BCUT2D eigenvalue weighted by Crippen LogP contribution is -2.39. The van der Waals surface area contributed by atoms with Crippen molar-refractivity contribution in [2.75, 3.05) is 30.3 Å². The van der Waals surface area contributed by atoms with E-state index in [-0.39, 0.29) is 17.6 Å². The Bertz CT molecular complexity index is 645. The van der Waals surface area contributed by atoms with Gasteiger partial charge in [0.2, 0.25) is 11.8 Å². The summed E-state index contributed by atoms with van der Waals surface area (Å²) in [6.45, 7) is 1.55. The first-order valence-electron chi connectivity index (χ1n) is 6.32. The average molecular weight is 291 g/mol. The van der Waals surface area contributed by atoms with Crippen LogP contribution in [0.15, 0.2) is 29.0 Å². The molecule has 0 aliphatic carbocycles. The van der Waals surface area contributed by atoms with Crippen LogP contribution < -0.4 is 10.6 Å². The SMILES string of the molecule is Nc1nc(N2CCOC(c3ccco3)C2)ncc1[N+](=O)[O-]. The standard InChI is InChI=1S/C12H13N5O4/c13-11-8(17(18)19)6-14-12(15-11)16-3-5-21-10(7-16)9-2-1-4-20-9/h1-2,4,6,10H,3,5,7H2,(H2,13,14,15). The number of nitro groups is 1. The maximum absolute atomic E-state index is 10.7. The number of nitrogens with zero attached hydrogens (tertiary/aromatic N) is 4. The fourth-order valence-electron chi connectivity index (χ4n) is 2.15. The molecule has 0 bridgehead atoms. The smallest absolute Gasteiger partial charge is 0.329 e. The van der Waals surface area contributed by atoms with E-state index in [0.717, 1.165) is 12.0 Å². The van der Waals surface area contributed by atoms with Gasteiger partial charge in [-0.05, 0) is 12.1 Å². The molecule has 1 atom stereocenters. The minimum Gasteiger partial charge on any atom is -0.467 e. The summed E-state index contributed by atoms with van der Waals surface area (Å²) in [5.41, 5.74) is 5.29. The van der Waals surface area contributed by atoms with Gasteiger partial charge in [-0.1, -0.05) is 0 Å². The van der Waals surface area contributed by atoms with Gasteiger partial charge in [0, 0.05) is 6.54 Å². The topological polar surface area (TPSA) is 121 Å². The highest BCUT2D eigenvalue weighted by Gasteiger charge is 2.26. The molecular formula is C12H13N5O4. The second-order valence-electron chi connectivity index (χ2n) is 4.52. The van der Waals surface area contributed by atoms with Gasteiger partial charge in [0.1, 0.15) is 18.1 Å². The predicted octanol–water partition coefficient (Wildman–Crippen LogP) is 1.14. The van der Waals surface area contributed by atoms with Crippen LogP contribution in [0.5, 0.6) is 0 Å². The van der Waals surface area contributed by atoms with Gasteiger partial charge in [0.25, 0.3) is 0 Å². The molecule has 0 radical (unpaired) electrons. The molecule has 0 spiro atoms. The minimum atomic E-state index is -0.607. The molecule has 1 saturated heterocycles. The van der Waals surface area contributed by atoms with E-state index in [4.69, 9.17) is 14.9 Å². The number of aromatic nitrogens is 2. The Labute approximate surface area is 119 Å². The third kappa shape index (κ3) is 2.63. The van der Waals surface area contributed by atoms with Crippen LogP contribution in [0, 0.1) is 10.1 Å². The fourth-order valence-corrected chi connectivity index (χ4v) is 2.15. The van der Waals surface area contributed by atoms with Gasteiger partial charge in [-0.15, -0.1) is 0 Å². The Balaban J connectivity index is 1.80. The van der Waals surface area contributed by atoms with Crippen LogP contribution in [0.3, 0.4) is 0 Å². The van der Waals surface area contributed by atoms with Gasteiger partial charge in [0.05, 0.1) is 24.3 Å². The van der Waals surface area contributed by atoms with E-state index in [0.29, 0.717) is 25.6 Å². The van der Waals surface area contributed by atoms with E-state index in [2.05, 4.69) is 9.97 Å². The molecule has 9 heteroatoms. The molecule has 1 unspecified atom stereocenters. The molecule has 0 aromatic carbocycles. The Morgan fingerprint density at radius 2 is 2.38 bits per heavy atom. The van der Waals surface area contributed by atoms with Crippen molar-refractivity contribution in [2.45, 2.75) is 6.10 Å². The van der Waals surface area contributed by atoms with Crippen molar-refractivity contribution in [3.8, 4) is 0 Å². The van der Waals surface area contributed by atoms with Gasteiger partial charge in [0.15, 0.2) is 0 Å². The molecule has 0 amide bonds. The van der Waals surface area contributed by atoms with Gasteiger partial charge >= 0.3 is 5.69 Å². The van der Waals surface area contributed by atoms with Crippen LogP contribution >= 0.6 is 0 Å². The number of nitrogen functional groups attached to an aromatic ring is 1. The molecule has 1 aliphatic heterocycles. The largest absolute Gasteiger partial charge is 0.467 e. The summed E-state index contributed by atoms with van der Waals surface area (Å²) in [6.07, 6.45) is 2.47. The Morgan fingerprint density at radius 3 is 3.05 bits per heavy atom. The summed E-state index contributed by atoms with van der Waals surface area (Å²) >= 11 is 0. The van der Waals surface area contributed by atoms with Gasteiger partial charge in [-0.3, -0.25) is 10.1 Å². The average Bonchev–Trinajstić information content (AvgIpc) is 3.01. The van der Waals surface area contributed by atoms with Crippen LogP contribution in [-0.4, -0.2) is 34.6 Å². The summed E-state index contributed by atoms with van der Waals surface area (Å²) in [4.78, 5) is 20.0. The molecule has 3 rings (SSSR count). The number of hydrogen-bond donors (Lipinski definition) is 1. The number of furan rings is 1. The van der Waals surface area contributed by atoms with E-state index >= 15 is 0 Å². The number of ether oxygens (including phenoxy) is 1. The zero-order chi connectivity index (χ0) is 14.8. The minimum absolute atomic E-state index is 0.147. The normalized spacial score (nSPS) is 18.7. The zero-order valence-electron chi connectivity index (χ0n) is 11.0. The summed E-state index contributed by atoms with van der Waals surface area (Å²) in [6, 6.07) is 3.62. The second kappa shape index (κ2) is 5.37. The van der Waals surface area contributed by atoms with Crippen molar-refractivity contribution < 1.29 is 14.1 Å². The molecule has 110 valence electrons. The molecule has 0 saturated carbocycles. The van der Waals surface area contributed by atoms with Crippen molar-refractivity contribution in [3.05, 3.63) is 40.5 Å². The number of nitrogens with two attached hydrogens (primary N) is 1. The van der Waals surface area contributed by atoms with E-state index < -0.39 is 4.92 Å². The second-order valence-corrected chi connectivity index (χ2v) is 4.52. The van der Waals surface area contributed by atoms with Crippen molar-refractivity contribution in [1.82, 2.24) is 9.97 Å². The molecule has 2 aromatic heterocycles. The van der Waals surface area contributed by atoms with Crippen molar-refractivity contribution in [2.24, 2.45) is 0 Å². The van der Waals surface area contributed by atoms with Crippen LogP contribution in [0.4, 0.5) is 17.5 Å². The fraction of sp³-hybridized carbons (Fsp3) is 0.333.